The van der Waals surface area contributed by atoms with E-state index in [9.17, 15) is 4.79 Å². The van der Waals surface area contributed by atoms with Crippen molar-refractivity contribution in [1.82, 2.24) is 24.6 Å². The van der Waals surface area contributed by atoms with Crippen LogP contribution in [0.1, 0.15) is 30.1 Å². The number of aromatic nitrogens is 4. The number of amides is 1. The van der Waals surface area contributed by atoms with Gasteiger partial charge in [-0.05, 0) is 36.6 Å². The highest BCUT2D eigenvalue weighted by Crippen LogP contribution is 2.27. The molecule has 1 atom stereocenters. The lowest BCUT2D eigenvalue weighted by atomic mass is 9.96. The van der Waals surface area contributed by atoms with Crippen molar-refractivity contribution >= 4 is 5.91 Å². The third-order valence-electron chi connectivity index (χ3n) is 4.83. The summed E-state index contributed by atoms with van der Waals surface area (Å²) in [4.78, 5) is 18.7. The summed E-state index contributed by atoms with van der Waals surface area (Å²) in [6.07, 6.45) is 7.62. The van der Waals surface area contributed by atoms with Crippen LogP contribution in [0.3, 0.4) is 0 Å². The van der Waals surface area contributed by atoms with Gasteiger partial charge in [-0.15, -0.1) is 10.2 Å². The highest BCUT2D eigenvalue weighted by atomic mass is 16.2. The third kappa shape index (κ3) is 3.49. The van der Waals surface area contributed by atoms with Gasteiger partial charge in [-0.1, -0.05) is 24.3 Å². The summed E-state index contributed by atoms with van der Waals surface area (Å²) in [5.41, 5.74) is 2.00. The zero-order valence-electron chi connectivity index (χ0n) is 14.5. The first kappa shape index (κ1) is 16.4. The molecule has 26 heavy (non-hydrogen) atoms. The van der Waals surface area contributed by atoms with Gasteiger partial charge in [0, 0.05) is 37.1 Å². The zero-order valence-corrected chi connectivity index (χ0v) is 14.5. The average Bonchev–Trinajstić information content (AvgIpc) is 3.19. The van der Waals surface area contributed by atoms with Crippen LogP contribution in [0.4, 0.5) is 0 Å². The van der Waals surface area contributed by atoms with Gasteiger partial charge in [0.05, 0.1) is 6.42 Å². The van der Waals surface area contributed by atoms with Gasteiger partial charge < -0.3 is 4.90 Å². The molecule has 3 heterocycles. The van der Waals surface area contributed by atoms with Crippen molar-refractivity contribution in [1.29, 1.82) is 0 Å². The second-order valence-corrected chi connectivity index (χ2v) is 6.61. The van der Waals surface area contributed by atoms with Gasteiger partial charge >= 0.3 is 0 Å². The number of rotatable bonds is 4. The number of pyridine rings is 1. The molecule has 6 nitrogen and oxygen atoms in total. The number of likely N-dealkylation sites (tertiary alicyclic amines) is 1. The second-order valence-electron chi connectivity index (χ2n) is 6.61. The van der Waals surface area contributed by atoms with Crippen LogP contribution in [0, 0.1) is 0 Å². The lowest BCUT2D eigenvalue weighted by molar-refractivity contribution is -0.131. The molecular weight excluding hydrogens is 326 g/mol. The van der Waals surface area contributed by atoms with Crippen molar-refractivity contribution < 1.29 is 4.79 Å². The largest absolute Gasteiger partial charge is 0.342 e. The van der Waals surface area contributed by atoms with Gasteiger partial charge in [0.25, 0.3) is 0 Å². The number of hydrogen-bond donors (Lipinski definition) is 0. The van der Waals surface area contributed by atoms with Crippen LogP contribution in [0.5, 0.6) is 0 Å². The van der Waals surface area contributed by atoms with Gasteiger partial charge in [-0.2, -0.15) is 0 Å². The molecular formula is C20H21N5O. The molecule has 0 radical (unpaired) electrons. The quantitative estimate of drug-likeness (QED) is 0.728. The van der Waals surface area contributed by atoms with E-state index in [-0.39, 0.29) is 11.8 Å². The van der Waals surface area contributed by atoms with Crippen molar-refractivity contribution in [3.8, 4) is 5.69 Å². The lowest BCUT2D eigenvalue weighted by Gasteiger charge is -2.32. The monoisotopic (exact) mass is 347 g/mol. The normalized spacial score (nSPS) is 17.2. The molecule has 0 bridgehead atoms. The van der Waals surface area contributed by atoms with E-state index in [2.05, 4.69) is 15.2 Å². The molecule has 132 valence electrons. The minimum atomic E-state index is 0.147. The van der Waals surface area contributed by atoms with Gasteiger partial charge in [0.2, 0.25) is 5.91 Å². The van der Waals surface area contributed by atoms with E-state index in [1.165, 1.54) is 0 Å². The standard InChI is InChI=1S/C20H21N5O/c26-19(12-16-6-4-10-21-13-16)24-11-5-7-17(14-24)20-23-22-15-25(20)18-8-2-1-3-9-18/h1-4,6,8-10,13,15,17H,5,7,11-12,14H2/t17-/m1/s1. The van der Waals surface area contributed by atoms with Crippen molar-refractivity contribution in [2.24, 2.45) is 0 Å². The van der Waals surface area contributed by atoms with Gasteiger partial charge in [0.1, 0.15) is 12.2 Å². The number of benzene rings is 1. The first-order valence-corrected chi connectivity index (χ1v) is 8.93. The first-order valence-electron chi connectivity index (χ1n) is 8.93. The van der Waals surface area contributed by atoms with E-state index >= 15 is 0 Å². The molecule has 0 saturated carbocycles. The SMILES string of the molecule is O=C(Cc1cccnc1)N1CCC[C@@H](c2nncn2-c2ccccc2)C1. The summed E-state index contributed by atoms with van der Waals surface area (Å²) in [6, 6.07) is 13.9. The van der Waals surface area contributed by atoms with E-state index in [4.69, 9.17) is 0 Å². The lowest BCUT2D eigenvalue weighted by Crippen LogP contribution is -2.40. The average molecular weight is 347 g/mol. The molecule has 1 saturated heterocycles. The Balaban J connectivity index is 1.49. The smallest absolute Gasteiger partial charge is 0.227 e. The van der Waals surface area contributed by atoms with Crippen LogP contribution < -0.4 is 0 Å². The number of nitrogens with zero attached hydrogens (tertiary/aromatic N) is 5. The molecule has 0 spiro atoms. The van der Waals surface area contributed by atoms with Crippen molar-refractivity contribution in [2.75, 3.05) is 13.1 Å². The molecule has 0 aliphatic carbocycles. The molecule has 1 aliphatic rings. The van der Waals surface area contributed by atoms with Crippen LogP contribution in [0.2, 0.25) is 0 Å². The molecule has 3 aromatic rings. The van der Waals surface area contributed by atoms with Crippen molar-refractivity contribution in [3.63, 3.8) is 0 Å². The van der Waals surface area contributed by atoms with E-state index in [1.807, 2.05) is 51.9 Å². The summed E-state index contributed by atoms with van der Waals surface area (Å²) in [6.45, 7) is 1.49. The van der Waals surface area contributed by atoms with E-state index in [0.717, 1.165) is 36.5 Å². The highest BCUT2D eigenvalue weighted by molar-refractivity contribution is 5.78. The number of carbonyl (C=O) groups excluding carboxylic acids is 1. The van der Waals surface area contributed by atoms with Gasteiger partial charge in [0.15, 0.2) is 0 Å². The fraction of sp³-hybridized carbons (Fsp3) is 0.300. The zero-order chi connectivity index (χ0) is 17.8. The Kier molecular flexibility index (Phi) is 4.73. The highest BCUT2D eigenvalue weighted by Gasteiger charge is 2.28. The van der Waals surface area contributed by atoms with Crippen molar-refractivity contribution in [2.45, 2.75) is 25.2 Å². The van der Waals surface area contributed by atoms with Crippen LogP contribution >= 0.6 is 0 Å². The Labute approximate surface area is 152 Å². The van der Waals surface area contributed by atoms with Crippen LogP contribution in [-0.2, 0) is 11.2 Å². The maximum Gasteiger partial charge on any atom is 0.227 e. The van der Waals surface area contributed by atoms with Crippen LogP contribution in [0.15, 0.2) is 61.2 Å². The molecule has 1 aromatic carbocycles. The molecule has 4 rings (SSSR count). The molecule has 6 heteroatoms. The number of piperidine rings is 1. The minimum Gasteiger partial charge on any atom is -0.342 e. The molecule has 0 unspecified atom stereocenters. The van der Waals surface area contributed by atoms with E-state index in [1.54, 1.807) is 18.7 Å². The summed E-state index contributed by atoms with van der Waals surface area (Å²) < 4.78 is 2.03. The molecule has 1 fully saturated rings. The molecule has 0 N–H and O–H groups in total. The van der Waals surface area contributed by atoms with Gasteiger partial charge in [-0.3, -0.25) is 14.3 Å². The predicted molar refractivity (Wildman–Crippen MR) is 97.9 cm³/mol. The minimum absolute atomic E-state index is 0.147. The van der Waals surface area contributed by atoms with Gasteiger partial charge in [-0.25, -0.2) is 0 Å². The fourth-order valence-corrected chi connectivity index (χ4v) is 3.51. The number of hydrogen-bond acceptors (Lipinski definition) is 4. The van der Waals surface area contributed by atoms with Crippen LogP contribution in [-0.4, -0.2) is 43.6 Å². The Morgan fingerprint density at radius 3 is 2.85 bits per heavy atom. The van der Waals surface area contributed by atoms with Crippen LogP contribution in [0.25, 0.3) is 5.69 Å². The topological polar surface area (TPSA) is 63.9 Å². The summed E-state index contributed by atoms with van der Waals surface area (Å²) in [7, 11) is 0. The fourth-order valence-electron chi connectivity index (χ4n) is 3.51. The maximum absolute atomic E-state index is 12.7. The molecule has 2 aromatic heterocycles. The first-order chi connectivity index (χ1) is 12.8. The molecule has 1 amide bonds. The number of carbonyl (C=O) groups is 1. The Bertz CT molecular complexity index is 862. The summed E-state index contributed by atoms with van der Waals surface area (Å²) in [5, 5.41) is 8.47. The Morgan fingerprint density at radius 1 is 1.15 bits per heavy atom. The third-order valence-corrected chi connectivity index (χ3v) is 4.83. The summed E-state index contributed by atoms with van der Waals surface area (Å²) >= 11 is 0. The Morgan fingerprint density at radius 2 is 2.04 bits per heavy atom. The summed E-state index contributed by atoms with van der Waals surface area (Å²) in [5.74, 6) is 1.27. The van der Waals surface area contributed by atoms with Crippen molar-refractivity contribution in [3.05, 3.63) is 72.6 Å². The Hall–Kier alpha value is -3.02. The van der Waals surface area contributed by atoms with E-state index < -0.39 is 0 Å². The van der Waals surface area contributed by atoms with E-state index in [0.29, 0.717) is 13.0 Å². The predicted octanol–water partition coefficient (Wildman–Crippen LogP) is 2.61. The molecule has 1 aliphatic heterocycles. The number of para-hydroxylation sites is 1. The second kappa shape index (κ2) is 7.47. The maximum atomic E-state index is 12.7.